The molecule has 110 valence electrons. The lowest BCUT2D eigenvalue weighted by molar-refractivity contribution is -0.154. The quantitative estimate of drug-likeness (QED) is 0.899. The van der Waals surface area contributed by atoms with Crippen molar-refractivity contribution in [3.05, 3.63) is 11.1 Å². The Labute approximate surface area is 122 Å². The molecule has 0 aromatic carbocycles. The van der Waals surface area contributed by atoms with E-state index in [1.54, 1.807) is 6.92 Å². The predicted molar refractivity (Wildman–Crippen MR) is 77.7 cm³/mol. The van der Waals surface area contributed by atoms with Gasteiger partial charge in [-0.05, 0) is 32.1 Å². The highest BCUT2D eigenvalue weighted by Crippen LogP contribution is 2.56. The van der Waals surface area contributed by atoms with Crippen LogP contribution in [-0.4, -0.2) is 22.0 Å². The van der Waals surface area contributed by atoms with Gasteiger partial charge in [-0.25, -0.2) is 4.98 Å². The normalized spacial score (nSPS) is 28.3. The molecule has 0 bridgehead atoms. The van der Waals surface area contributed by atoms with Crippen molar-refractivity contribution in [2.45, 2.75) is 40.5 Å². The van der Waals surface area contributed by atoms with Crippen molar-refractivity contribution in [1.29, 1.82) is 0 Å². The number of aryl methyl sites for hydroxylation is 1. The molecule has 2 rings (SSSR count). The van der Waals surface area contributed by atoms with Gasteiger partial charge in [-0.1, -0.05) is 13.8 Å². The van der Waals surface area contributed by atoms with E-state index in [0.717, 1.165) is 5.69 Å². The second-order valence-corrected chi connectivity index (χ2v) is 7.09. The highest BCUT2D eigenvalue weighted by molar-refractivity contribution is 7.13. The number of hydrogen-bond donors (Lipinski definition) is 2. The van der Waals surface area contributed by atoms with Crippen LogP contribution in [0.15, 0.2) is 5.38 Å². The zero-order valence-corrected chi connectivity index (χ0v) is 13.0. The highest BCUT2D eigenvalue weighted by Gasteiger charge is 2.58. The van der Waals surface area contributed by atoms with Crippen LogP contribution in [0.25, 0.3) is 0 Å². The van der Waals surface area contributed by atoms with Crippen LogP contribution in [0.3, 0.4) is 0 Å². The van der Waals surface area contributed by atoms with Crippen molar-refractivity contribution in [2.75, 3.05) is 5.32 Å². The second kappa shape index (κ2) is 4.84. The topological polar surface area (TPSA) is 79.3 Å². The number of nitrogens with one attached hydrogen (secondary N) is 1. The summed E-state index contributed by atoms with van der Waals surface area (Å²) in [6, 6.07) is 0. The maximum absolute atomic E-state index is 12.4. The molecule has 1 amide bonds. The zero-order chi connectivity index (χ0) is 15.1. The van der Waals surface area contributed by atoms with Crippen molar-refractivity contribution < 1.29 is 14.7 Å². The van der Waals surface area contributed by atoms with Crippen LogP contribution >= 0.6 is 11.3 Å². The van der Waals surface area contributed by atoms with Crippen molar-refractivity contribution in [3.8, 4) is 0 Å². The highest BCUT2D eigenvalue weighted by atomic mass is 32.1. The fourth-order valence-electron chi connectivity index (χ4n) is 2.95. The molecule has 0 aliphatic heterocycles. The Hall–Kier alpha value is -1.43. The molecule has 20 heavy (non-hydrogen) atoms. The molecule has 6 heteroatoms. The molecule has 5 nitrogen and oxygen atoms in total. The van der Waals surface area contributed by atoms with Gasteiger partial charge in [-0.3, -0.25) is 9.59 Å². The third kappa shape index (κ3) is 2.22. The summed E-state index contributed by atoms with van der Waals surface area (Å²) >= 11 is 1.38. The summed E-state index contributed by atoms with van der Waals surface area (Å²) in [5, 5.41) is 14.7. The molecule has 1 heterocycles. The second-order valence-electron chi connectivity index (χ2n) is 6.23. The lowest BCUT2D eigenvalue weighted by Crippen LogP contribution is -2.43. The van der Waals surface area contributed by atoms with Crippen molar-refractivity contribution in [2.24, 2.45) is 16.7 Å². The van der Waals surface area contributed by atoms with Crippen LogP contribution in [0.1, 0.15) is 39.3 Å². The first kappa shape index (κ1) is 15.0. The summed E-state index contributed by atoms with van der Waals surface area (Å²) in [6.45, 7) is 7.33. The van der Waals surface area contributed by atoms with E-state index in [1.165, 1.54) is 11.3 Å². The van der Waals surface area contributed by atoms with E-state index in [9.17, 15) is 14.7 Å². The van der Waals surface area contributed by atoms with Crippen molar-refractivity contribution >= 4 is 28.3 Å². The first-order valence-corrected chi connectivity index (χ1v) is 7.53. The minimum absolute atomic E-state index is 0.130. The number of amides is 1. The van der Waals surface area contributed by atoms with Gasteiger partial charge in [-0.2, -0.15) is 0 Å². The number of carboxylic acid groups (broad SMARTS) is 1. The van der Waals surface area contributed by atoms with Gasteiger partial charge in [0.2, 0.25) is 5.91 Å². The molecule has 1 aliphatic rings. The Morgan fingerprint density at radius 2 is 2.10 bits per heavy atom. The molecule has 0 saturated heterocycles. The third-order valence-electron chi connectivity index (χ3n) is 4.86. The summed E-state index contributed by atoms with van der Waals surface area (Å²) in [5.41, 5.74) is -0.588. The molecule has 0 spiro atoms. The van der Waals surface area contributed by atoms with Crippen LogP contribution in [0, 0.1) is 23.7 Å². The lowest BCUT2D eigenvalue weighted by atomic mass is 9.65. The molecule has 0 radical (unpaired) electrons. The molecule has 1 aromatic rings. The molecule has 1 aromatic heterocycles. The van der Waals surface area contributed by atoms with Crippen LogP contribution in [0.4, 0.5) is 5.13 Å². The smallest absolute Gasteiger partial charge is 0.309 e. The Balaban J connectivity index is 2.18. The predicted octanol–water partition coefficient (Wildman–Crippen LogP) is 2.92. The third-order valence-corrected chi connectivity index (χ3v) is 5.74. The monoisotopic (exact) mass is 296 g/mol. The first-order valence-electron chi connectivity index (χ1n) is 6.65. The number of nitrogens with zero attached hydrogens (tertiary/aromatic N) is 1. The van der Waals surface area contributed by atoms with E-state index in [-0.39, 0.29) is 11.8 Å². The molecule has 2 atom stereocenters. The van der Waals surface area contributed by atoms with E-state index in [4.69, 9.17) is 0 Å². The first-order chi connectivity index (χ1) is 9.18. The number of carboxylic acids is 1. The fourth-order valence-corrected chi connectivity index (χ4v) is 3.64. The summed E-state index contributed by atoms with van der Waals surface area (Å²) in [4.78, 5) is 28.2. The van der Waals surface area contributed by atoms with E-state index in [2.05, 4.69) is 10.3 Å². The molecule has 1 fully saturated rings. The van der Waals surface area contributed by atoms with Gasteiger partial charge in [0, 0.05) is 11.3 Å². The molecular formula is C14H20N2O3S. The van der Waals surface area contributed by atoms with E-state index >= 15 is 0 Å². The van der Waals surface area contributed by atoms with Gasteiger partial charge in [0.25, 0.3) is 0 Å². The largest absolute Gasteiger partial charge is 0.481 e. The van der Waals surface area contributed by atoms with Crippen LogP contribution in [0.2, 0.25) is 0 Å². The minimum atomic E-state index is -0.867. The minimum Gasteiger partial charge on any atom is -0.481 e. The molecule has 1 saturated carbocycles. The number of thiazole rings is 1. The van der Waals surface area contributed by atoms with Gasteiger partial charge in [0.1, 0.15) is 0 Å². The van der Waals surface area contributed by atoms with Crippen LogP contribution < -0.4 is 5.32 Å². The number of aliphatic carboxylic acids is 1. The number of hydrogen-bond acceptors (Lipinski definition) is 4. The molecule has 2 N–H and O–H groups in total. The number of carbonyl (C=O) groups is 2. The number of anilines is 1. The van der Waals surface area contributed by atoms with Gasteiger partial charge < -0.3 is 10.4 Å². The standard InChI is InChI=1S/C14H20N2O3S/c1-8-7-20-12(15-8)16-10(17)9-5-6-14(4,11(18)19)13(9,2)3/h7,9H,5-6H2,1-4H3,(H,18,19)(H,15,16,17)/t9-,14+/m1/s1. The maximum atomic E-state index is 12.4. The van der Waals surface area contributed by atoms with Gasteiger partial charge in [0.05, 0.1) is 11.1 Å². The fraction of sp³-hybridized carbons (Fsp3) is 0.643. The Morgan fingerprint density at radius 1 is 1.45 bits per heavy atom. The molecule has 1 aliphatic carbocycles. The summed E-state index contributed by atoms with van der Waals surface area (Å²) in [7, 11) is 0. The van der Waals surface area contributed by atoms with E-state index < -0.39 is 16.8 Å². The van der Waals surface area contributed by atoms with Gasteiger partial charge >= 0.3 is 5.97 Å². The number of rotatable bonds is 3. The molecular weight excluding hydrogens is 276 g/mol. The van der Waals surface area contributed by atoms with E-state index in [1.807, 2.05) is 26.2 Å². The zero-order valence-electron chi connectivity index (χ0n) is 12.2. The maximum Gasteiger partial charge on any atom is 0.309 e. The summed E-state index contributed by atoms with van der Waals surface area (Å²) in [6.07, 6.45) is 1.11. The number of aromatic nitrogens is 1. The number of carbonyl (C=O) groups excluding carboxylic acids is 1. The summed E-state index contributed by atoms with van der Waals surface area (Å²) < 4.78 is 0. The van der Waals surface area contributed by atoms with Crippen molar-refractivity contribution in [1.82, 2.24) is 4.98 Å². The SMILES string of the molecule is Cc1csc(NC(=O)[C@H]2CC[C@@](C)(C(=O)O)C2(C)C)n1. The molecule has 0 unspecified atom stereocenters. The van der Waals surface area contributed by atoms with Crippen LogP contribution in [0.5, 0.6) is 0 Å². The Bertz CT molecular complexity index is 552. The van der Waals surface area contributed by atoms with Crippen molar-refractivity contribution in [3.63, 3.8) is 0 Å². The Morgan fingerprint density at radius 3 is 2.55 bits per heavy atom. The lowest BCUT2D eigenvalue weighted by Gasteiger charge is -2.37. The van der Waals surface area contributed by atoms with Crippen LogP contribution in [-0.2, 0) is 9.59 Å². The average Bonchev–Trinajstić information content (AvgIpc) is 2.83. The van der Waals surface area contributed by atoms with Gasteiger partial charge in [0.15, 0.2) is 5.13 Å². The van der Waals surface area contributed by atoms with Gasteiger partial charge in [-0.15, -0.1) is 11.3 Å². The van der Waals surface area contributed by atoms with E-state index in [0.29, 0.717) is 18.0 Å². The average molecular weight is 296 g/mol. The Kier molecular flexibility index (Phi) is 3.62. The summed E-state index contributed by atoms with van der Waals surface area (Å²) in [5.74, 6) is -1.27.